The summed E-state index contributed by atoms with van der Waals surface area (Å²) in [5.74, 6) is -0.826. The van der Waals surface area contributed by atoms with E-state index in [9.17, 15) is 19.5 Å². The molecule has 130 valence electrons. The number of ketones is 2. The van der Waals surface area contributed by atoms with Gasteiger partial charge in [0.05, 0.1) is 23.3 Å². The number of hydrogen-bond acceptors (Lipinski definition) is 7. The fourth-order valence-corrected chi connectivity index (χ4v) is 2.87. The standard InChI is InChI=1S/C15H19N3O5S/c1-15(2,7-19)13(22)14(23)16-3-4-24-10-5-9(20)11-8(12(10)21)6-17-18-11/h5-6,13,19,22H,3-4,7H2,1-2H3,(H,16,23)(H,17,18)/t13-/m0/s1. The topological polar surface area (TPSA) is 132 Å². The van der Waals surface area contributed by atoms with Crippen molar-refractivity contribution < 1.29 is 24.6 Å². The lowest BCUT2D eigenvalue weighted by atomic mass is 9.87. The number of Topliss-reactive ketones (excluding diaryl/α,β-unsaturated/α-hetero) is 1. The Morgan fingerprint density at radius 2 is 2.17 bits per heavy atom. The number of rotatable bonds is 7. The molecule has 24 heavy (non-hydrogen) atoms. The molecule has 0 saturated heterocycles. The second-order valence-electron chi connectivity index (χ2n) is 6.05. The maximum Gasteiger partial charge on any atom is 0.249 e. The molecule has 8 nitrogen and oxygen atoms in total. The van der Waals surface area contributed by atoms with Gasteiger partial charge in [-0.1, -0.05) is 13.8 Å². The van der Waals surface area contributed by atoms with E-state index in [1.54, 1.807) is 13.8 Å². The molecule has 0 spiro atoms. The molecule has 1 aliphatic carbocycles. The predicted molar refractivity (Wildman–Crippen MR) is 87.7 cm³/mol. The largest absolute Gasteiger partial charge is 0.396 e. The van der Waals surface area contributed by atoms with Crippen molar-refractivity contribution in [2.24, 2.45) is 5.41 Å². The number of amides is 1. The summed E-state index contributed by atoms with van der Waals surface area (Å²) in [6.07, 6.45) is 1.23. The van der Waals surface area contributed by atoms with Crippen LogP contribution < -0.4 is 5.32 Å². The Bertz CT molecular complexity index is 695. The van der Waals surface area contributed by atoms with Crippen LogP contribution in [-0.4, -0.2) is 62.9 Å². The van der Waals surface area contributed by atoms with Crippen LogP contribution in [0.4, 0.5) is 0 Å². The molecule has 1 aromatic heterocycles. The Hall–Kier alpha value is -1.97. The summed E-state index contributed by atoms with van der Waals surface area (Å²) in [4.78, 5) is 36.1. The maximum absolute atomic E-state index is 12.2. The predicted octanol–water partition coefficient (Wildman–Crippen LogP) is -0.0986. The molecule has 0 fully saturated rings. The average Bonchev–Trinajstić information content (AvgIpc) is 3.05. The van der Waals surface area contributed by atoms with E-state index in [0.717, 1.165) is 11.8 Å². The van der Waals surface area contributed by atoms with Crippen LogP contribution in [-0.2, 0) is 4.79 Å². The van der Waals surface area contributed by atoms with Gasteiger partial charge in [0.25, 0.3) is 0 Å². The average molecular weight is 353 g/mol. The normalized spacial score (nSPS) is 15.8. The van der Waals surface area contributed by atoms with E-state index in [0.29, 0.717) is 10.7 Å². The molecular formula is C15H19N3O5S. The second-order valence-corrected chi connectivity index (χ2v) is 7.19. The van der Waals surface area contributed by atoms with Crippen molar-refractivity contribution in [3.05, 3.63) is 28.4 Å². The van der Waals surface area contributed by atoms with Crippen molar-refractivity contribution in [1.29, 1.82) is 0 Å². The van der Waals surface area contributed by atoms with Gasteiger partial charge < -0.3 is 15.5 Å². The number of fused-ring (bicyclic) bond motifs is 1. The van der Waals surface area contributed by atoms with E-state index in [1.807, 2.05) is 0 Å². The Kier molecular flexibility index (Phi) is 5.58. The summed E-state index contributed by atoms with van der Waals surface area (Å²) < 4.78 is 0. The van der Waals surface area contributed by atoms with Gasteiger partial charge in [0.2, 0.25) is 17.5 Å². The third-order valence-corrected chi connectivity index (χ3v) is 4.69. The van der Waals surface area contributed by atoms with Gasteiger partial charge in [-0.2, -0.15) is 5.10 Å². The summed E-state index contributed by atoms with van der Waals surface area (Å²) in [5, 5.41) is 27.7. The van der Waals surface area contributed by atoms with Gasteiger partial charge in [0.15, 0.2) is 0 Å². The maximum atomic E-state index is 12.2. The molecule has 4 N–H and O–H groups in total. The first kappa shape index (κ1) is 18.4. The number of hydrogen-bond donors (Lipinski definition) is 4. The van der Waals surface area contributed by atoms with Gasteiger partial charge in [0.1, 0.15) is 11.8 Å². The minimum atomic E-state index is -1.34. The van der Waals surface area contributed by atoms with Crippen molar-refractivity contribution in [2.45, 2.75) is 20.0 Å². The summed E-state index contributed by atoms with van der Waals surface area (Å²) in [5.41, 5.74) is -0.510. The van der Waals surface area contributed by atoms with Gasteiger partial charge in [0, 0.05) is 23.8 Å². The van der Waals surface area contributed by atoms with E-state index in [-0.39, 0.29) is 36.0 Å². The first-order valence-corrected chi connectivity index (χ1v) is 8.30. The van der Waals surface area contributed by atoms with Crippen molar-refractivity contribution >= 4 is 29.2 Å². The number of H-pyrrole nitrogens is 1. The van der Waals surface area contributed by atoms with Gasteiger partial charge in [-0.05, 0) is 0 Å². The Balaban J connectivity index is 1.84. The SMILES string of the molecule is CC(C)(CO)[C@@H](O)C(=O)NCCSC1=CC(=O)c2[nH]ncc2C1=O. The van der Waals surface area contributed by atoms with Crippen LogP contribution in [0, 0.1) is 5.41 Å². The molecule has 1 amide bonds. The zero-order chi connectivity index (χ0) is 17.9. The number of allylic oxidation sites excluding steroid dienone is 2. The highest BCUT2D eigenvalue weighted by Gasteiger charge is 2.33. The number of aliphatic hydroxyl groups excluding tert-OH is 2. The lowest BCUT2D eigenvalue weighted by Crippen LogP contribution is -2.46. The molecule has 1 heterocycles. The molecule has 9 heteroatoms. The smallest absolute Gasteiger partial charge is 0.249 e. The van der Waals surface area contributed by atoms with Crippen molar-refractivity contribution in [3.63, 3.8) is 0 Å². The van der Waals surface area contributed by atoms with Crippen LogP contribution in [0.2, 0.25) is 0 Å². The number of thioether (sulfide) groups is 1. The van der Waals surface area contributed by atoms with E-state index < -0.39 is 17.4 Å². The minimum Gasteiger partial charge on any atom is -0.396 e. The molecular weight excluding hydrogens is 334 g/mol. The lowest BCUT2D eigenvalue weighted by Gasteiger charge is -2.27. The molecule has 0 saturated carbocycles. The van der Waals surface area contributed by atoms with Crippen molar-refractivity contribution in [1.82, 2.24) is 15.5 Å². The van der Waals surface area contributed by atoms with E-state index in [4.69, 9.17) is 5.11 Å². The number of carbonyl (C=O) groups is 3. The zero-order valence-corrected chi connectivity index (χ0v) is 14.1. The minimum absolute atomic E-state index is 0.187. The van der Waals surface area contributed by atoms with Gasteiger partial charge in [-0.15, -0.1) is 11.8 Å². The van der Waals surface area contributed by atoms with Crippen molar-refractivity contribution in [3.8, 4) is 0 Å². The quantitative estimate of drug-likeness (QED) is 0.503. The van der Waals surface area contributed by atoms with Gasteiger partial charge in [-0.3, -0.25) is 19.5 Å². The Morgan fingerprint density at radius 3 is 2.83 bits per heavy atom. The second kappa shape index (κ2) is 7.29. The summed E-state index contributed by atoms with van der Waals surface area (Å²) >= 11 is 1.15. The third-order valence-electron chi connectivity index (χ3n) is 3.67. The number of aliphatic hydroxyl groups is 2. The molecule has 0 bridgehead atoms. The molecule has 0 radical (unpaired) electrons. The van der Waals surface area contributed by atoms with Crippen LogP contribution in [0.25, 0.3) is 0 Å². The Morgan fingerprint density at radius 1 is 1.46 bits per heavy atom. The summed E-state index contributed by atoms with van der Waals surface area (Å²) in [6, 6.07) is 0. The number of carbonyl (C=O) groups excluding carboxylic acids is 3. The third kappa shape index (κ3) is 3.74. The zero-order valence-electron chi connectivity index (χ0n) is 13.3. The van der Waals surface area contributed by atoms with Crippen molar-refractivity contribution in [2.75, 3.05) is 18.9 Å². The molecule has 2 rings (SSSR count). The number of nitrogens with one attached hydrogen (secondary N) is 2. The number of aromatic amines is 1. The molecule has 1 aromatic rings. The molecule has 0 aliphatic heterocycles. The molecule has 1 atom stereocenters. The first-order chi connectivity index (χ1) is 11.3. The van der Waals surface area contributed by atoms with Crippen LogP contribution in [0.5, 0.6) is 0 Å². The van der Waals surface area contributed by atoms with E-state index >= 15 is 0 Å². The van der Waals surface area contributed by atoms with Crippen LogP contribution in [0.3, 0.4) is 0 Å². The van der Waals surface area contributed by atoms with Gasteiger partial charge >= 0.3 is 0 Å². The van der Waals surface area contributed by atoms with Crippen LogP contribution in [0.1, 0.15) is 34.7 Å². The highest BCUT2D eigenvalue weighted by atomic mass is 32.2. The highest BCUT2D eigenvalue weighted by molar-refractivity contribution is 8.04. The summed E-state index contributed by atoms with van der Waals surface area (Å²) in [7, 11) is 0. The van der Waals surface area contributed by atoms with Crippen LogP contribution >= 0.6 is 11.8 Å². The number of aromatic nitrogens is 2. The number of nitrogens with zero attached hydrogens (tertiary/aromatic N) is 1. The van der Waals surface area contributed by atoms with E-state index in [2.05, 4.69) is 15.5 Å². The Labute approximate surface area is 142 Å². The fraction of sp³-hybridized carbons (Fsp3) is 0.467. The fourth-order valence-electron chi connectivity index (χ4n) is 2.02. The molecule has 0 unspecified atom stereocenters. The van der Waals surface area contributed by atoms with E-state index in [1.165, 1.54) is 12.3 Å². The lowest BCUT2D eigenvalue weighted by molar-refractivity contribution is -0.136. The highest BCUT2D eigenvalue weighted by Crippen LogP contribution is 2.27. The molecule has 1 aliphatic rings. The van der Waals surface area contributed by atoms with Gasteiger partial charge in [-0.25, -0.2) is 0 Å². The molecule has 0 aromatic carbocycles. The first-order valence-electron chi connectivity index (χ1n) is 7.31. The van der Waals surface area contributed by atoms with Crippen LogP contribution in [0.15, 0.2) is 17.2 Å². The summed E-state index contributed by atoms with van der Waals surface area (Å²) in [6.45, 7) is 3.03. The monoisotopic (exact) mass is 353 g/mol.